The molecule has 0 saturated carbocycles. The molecule has 0 unspecified atom stereocenters. The van der Waals surface area contributed by atoms with E-state index in [2.05, 4.69) is 4.98 Å². The van der Waals surface area contributed by atoms with Crippen molar-refractivity contribution < 1.29 is 9.21 Å². The quantitative estimate of drug-likeness (QED) is 0.747. The number of oxazole rings is 1. The molecule has 0 spiro atoms. The lowest BCUT2D eigenvalue weighted by Crippen LogP contribution is -2.07. The SMILES string of the molecule is CC(=O)[C@H](C)Sc1nc2ccccc2o1. The Morgan fingerprint density at radius 3 is 2.87 bits per heavy atom. The number of nitrogens with zero attached hydrogens (tertiary/aromatic N) is 1. The van der Waals surface area contributed by atoms with Gasteiger partial charge in [0.2, 0.25) is 0 Å². The monoisotopic (exact) mass is 221 g/mol. The fourth-order valence-electron chi connectivity index (χ4n) is 1.14. The average Bonchev–Trinajstić information content (AvgIpc) is 2.59. The van der Waals surface area contributed by atoms with Gasteiger partial charge in [0.25, 0.3) is 5.22 Å². The molecule has 2 aromatic rings. The molecule has 1 heterocycles. The van der Waals surface area contributed by atoms with Crippen LogP contribution in [0.4, 0.5) is 0 Å². The van der Waals surface area contributed by atoms with Gasteiger partial charge in [-0.3, -0.25) is 4.79 Å². The van der Waals surface area contributed by atoms with E-state index in [4.69, 9.17) is 4.42 Å². The Bertz CT molecular complexity index is 459. The maximum Gasteiger partial charge on any atom is 0.257 e. The minimum atomic E-state index is -0.113. The summed E-state index contributed by atoms with van der Waals surface area (Å²) in [6.07, 6.45) is 0. The van der Waals surface area contributed by atoms with Gasteiger partial charge in [-0.05, 0) is 26.0 Å². The van der Waals surface area contributed by atoms with Gasteiger partial charge in [0.1, 0.15) is 11.3 Å². The van der Waals surface area contributed by atoms with Crippen molar-refractivity contribution in [3.8, 4) is 0 Å². The summed E-state index contributed by atoms with van der Waals surface area (Å²) >= 11 is 1.35. The highest BCUT2D eigenvalue weighted by Crippen LogP contribution is 2.26. The smallest absolute Gasteiger partial charge is 0.257 e. The molecule has 15 heavy (non-hydrogen) atoms. The highest BCUT2D eigenvalue weighted by atomic mass is 32.2. The Morgan fingerprint density at radius 2 is 2.20 bits per heavy atom. The Labute approximate surface area is 91.9 Å². The summed E-state index contributed by atoms with van der Waals surface area (Å²) in [5.74, 6) is 0.127. The maximum atomic E-state index is 11.1. The third-order valence-corrected chi connectivity index (χ3v) is 3.19. The minimum absolute atomic E-state index is 0.113. The van der Waals surface area contributed by atoms with E-state index in [1.807, 2.05) is 31.2 Å². The second-order valence-electron chi connectivity index (χ2n) is 3.32. The van der Waals surface area contributed by atoms with Crippen LogP contribution in [0.1, 0.15) is 13.8 Å². The third kappa shape index (κ3) is 2.21. The minimum Gasteiger partial charge on any atom is -0.431 e. The molecule has 1 atom stereocenters. The molecule has 0 aliphatic rings. The second-order valence-corrected chi connectivity index (χ2v) is 4.61. The molecule has 2 rings (SSSR count). The molecule has 0 N–H and O–H groups in total. The lowest BCUT2D eigenvalue weighted by atomic mass is 10.3. The number of aromatic nitrogens is 1. The predicted octanol–water partition coefficient (Wildman–Crippen LogP) is 2.90. The van der Waals surface area contributed by atoms with Gasteiger partial charge in [-0.25, -0.2) is 4.98 Å². The summed E-state index contributed by atoms with van der Waals surface area (Å²) in [6, 6.07) is 7.57. The van der Waals surface area contributed by atoms with Crippen molar-refractivity contribution >= 4 is 28.6 Å². The van der Waals surface area contributed by atoms with E-state index in [1.165, 1.54) is 11.8 Å². The van der Waals surface area contributed by atoms with Gasteiger partial charge < -0.3 is 4.42 Å². The number of Topliss-reactive ketones (excluding diaryl/α,β-unsaturated/α-hetero) is 1. The van der Waals surface area contributed by atoms with Crippen molar-refractivity contribution in [3.63, 3.8) is 0 Å². The molecule has 3 nitrogen and oxygen atoms in total. The highest BCUT2D eigenvalue weighted by molar-refractivity contribution is 8.00. The van der Waals surface area contributed by atoms with Crippen LogP contribution in [0.15, 0.2) is 33.9 Å². The molecular formula is C11H11NO2S. The zero-order valence-corrected chi connectivity index (χ0v) is 9.38. The zero-order chi connectivity index (χ0) is 10.8. The number of carbonyl (C=O) groups excluding carboxylic acids is 1. The topological polar surface area (TPSA) is 43.1 Å². The maximum absolute atomic E-state index is 11.1. The second kappa shape index (κ2) is 4.06. The number of fused-ring (bicyclic) bond motifs is 1. The van der Waals surface area contributed by atoms with Crippen LogP contribution in [0.3, 0.4) is 0 Å². The van der Waals surface area contributed by atoms with E-state index < -0.39 is 0 Å². The molecule has 1 aromatic heterocycles. The fraction of sp³-hybridized carbons (Fsp3) is 0.273. The first-order valence-electron chi connectivity index (χ1n) is 4.69. The van der Waals surface area contributed by atoms with E-state index in [9.17, 15) is 4.79 Å². The van der Waals surface area contributed by atoms with Crippen LogP contribution in [0, 0.1) is 0 Å². The first-order chi connectivity index (χ1) is 7.16. The fourth-order valence-corrected chi connectivity index (χ4v) is 1.89. The Morgan fingerprint density at radius 1 is 1.47 bits per heavy atom. The van der Waals surface area contributed by atoms with Crippen LogP contribution in [-0.4, -0.2) is 16.0 Å². The van der Waals surface area contributed by atoms with Crippen LogP contribution < -0.4 is 0 Å². The molecule has 0 radical (unpaired) electrons. The van der Waals surface area contributed by atoms with E-state index in [1.54, 1.807) is 6.92 Å². The molecular weight excluding hydrogens is 210 g/mol. The number of rotatable bonds is 3. The molecule has 0 aliphatic heterocycles. The standard InChI is InChI=1S/C11H11NO2S/c1-7(13)8(2)15-11-12-9-5-3-4-6-10(9)14-11/h3-6,8H,1-2H3/t8-/m0/s1. The summed E-state index contributed by atoms with van der Waals surface area (Å²) < 4.78 is 5.49. The van der Waals surface area contributed by atoms with Crippen molar-refractivity contribution in [2.75, 3.05) is 0 Å². The summed E-state index contributed by atoms with van der Waals surface area (Å²) in [4.78, 5) is 15.4. The van der Waals surface area contributed by atoms with Crippen molar-refractivity contribution in [2.24, 2.45) is 0 Å². The molecule has 0 bridgehead atoms. The molecule has 0 amide bonds. The Kier molecular flexibility index (Phi) is 2.77. The van der Waals surface area contributed by atoms with E-state index in [-0.39, 0.29) is 11.0 Å². The van der Waals surface area contributed by atoms with Crippen molar-refractivity contribution in [1.29, 1.82) is 0 Å². The predicted molar refractivity (Wildman–Crippen MR) is 60.0 cm³/mol. The lowest BCUT2D eigenvalue weighted by Gasteiger charge is -2.01. The van der Waals surface area contributed by atoms with Gasteiger partial charge in [-0.1, -0.05) is 23.9 Å². The van der Waals surface area contributed by atoms with Gasteiger partial charge in [-0.2, -0.15) is 0 Å². The van der Waals surface area contributed by atoms with Crippen molar-refractivity contribution in [2.45, 2.75) is 24.3 Å². The molecule has 0 saturated heterocycles. The number of hydrogen-bond donors (Lipinski definition) is 0. The average molecular weight is 221 g/mol. The first-order valence-corrected chi connectivity index (χ1v) is 5.57. The molecule has 0 aliphatic carbocycles. The summed E-state index contributed by atoms with van der Waals surface area (Å²) in [6.45, 7) is 3.42. The van der Waals surface area contributed by atoms with Crippen molar-refractivity contribution in [3.05, 3.63) is 24.3 Å². The van der Waals surface area contributed by atoms with Crippen LogP contribution >= 0.6 is 11.8 Å². The van der Waals surface area contributed by atoms with E-state index in [0.717, 1.165) is 11.1 Å². The molecule has 0 fully saturated rings. The third-order valence-electron chi connectivity index (χ3n) is 2.12. The molecule has 78 valence electrons. The van der Waals surface area contributed by atoms with Gasteiger partial charge in [-0.15, -0.1) is 0 Å². The number of hydrogen-bond acceptors (Lipinski definition) is 4. The van der Waals surface area contributed by atoms with Crippen LogP contribution in [-0.2, 0) is 4.79 Å². The Balaban J connectivity index is 2.26. The molecule has 1 aromatic carbocycles. The summed E-state index contributed by atoms with van der Waals surface area (Å²) in [5, 5.41) is 0.442. The van der Waals surface area contributed by atoms with Gasteiger partial charge in [0, 0.05) is 0 Å². The normalized spacial score (nSPS) is 12.9. The summed E-state index contributed by atoms with van der Waals surface area (Å²) in [5.41, 5.74) is 1.59. The van der Waals surface area contributed by atoms with Gasteiger partial charge in [0.15, 0.2) is 5.58 Å². The lowest BCUT2D eigenvalue weighted by molar-refractivity contribution is -0.116. The van der Waals surface area contributed by atoms with E-state index >= 15 is 0 Å². The van der Waals surface area contributed by atoms with Crippen LogP contribution in [0.2, 0.25) is 0 Å². The highest BCUT2D eigenvalue weighted by Gasteiger charge is 2.13. The van der Waals surface area contributed by atoms with Crippen LogP contribution in [0.5, 0.6) is 0 Å². The number of ketones is 1. The van der Waals surface area contributed by atoms with Crippen LogP contribution in [0.25, 0.3) is 11.1 Å². The Hall–Kier alpha value is -1.29. The number of carbonyl (C=O) groups is 1. The van der Waals surface area contributed by atoms with Gasteiger partial charge >= 0.3 is 0 Å². The molecule has 4 heteroatoms. The number of thioether (sulfide) groups is 1. The van der Waals surface area contributed by atoms with Gasteiger partial charge in [0.05, 0.1) is 5.25 Å². The first kappa shape index (κ1) is 10.2. The zero-order valence-electron chi connectivity index (χ0n) is 8.56. The van der Waals surface area contributed by atoms with E-state index in [0.29, 0.717) is 5.22 Å². The van der Waals surface area contributed by atoms with Crippen molar-refractivity contribution in [1.82, 2.24) is 4.98 Å². The number of para-hydroxylation sites is 2. The largest absolute Gasteiger partial charge is 0.431 e. The number of benzene rings is 1. The summed E-state index contributed by atoms with van der Waals surface area (Å²) in [7, 11) is 0.